The van der Waals surface area contributed by atoms with Gasteiger partial charge in [0.15, 0.2) is 11.0 Å². The predicted octanol–water partition coefficient (Wildman–Crippen LogP) is 4.72. The third kappa shape index (κ3) is 4.93. The van der Waals surface area contributed by atoms with Gasteiger partial charge in [-0.25, -0.2) is 4.79 Å². The van der Waals surface area contributed by atoms with Gasteiger partial charge in [-0.1, -0.05) is 36.6 Å². The Kier molecular flexibility index (Phi) is 7.66. The standard InChI is InChI=1S/C42H46N4O7/c1-4-20(2)40(50)52-31-16-25-36(49)35-30(48)15-24(19-47)51-38(35)26-11-21-7-10-45-39(44)33(21)27-17-42(8-5-6-9-42)29-12-22-14-32(43)46-18-23(22)13-28(34(27)29)41(31,3)53-37(25)26/h4,7,14-15,17-18,28,31-32,45-47,49H,5-6,8-13,16,19,43-44H2,1-3H3/b20-4-/t28-,31+,32?,41-/m0/s1. The number of hydrogen-bond donors (Lipinski definition) is 6. The van der Waals surface area contributed by atoms with Crippen molar-refractivity contribution in [2.75, 3.05) is 6.54 Å². The van der Waals surface area contributed by atoms with Gasteiger partial charge in [0.05, 0.1) is 6.17 Å². The summed E-state index contributed by atoms with van der Waals surface area (Å²) in [7, 11) is 0. The minimum Gasteiger partial charge on any atom is -0.507 e. The van der Waals surface area contributed by atoms with E-state index in [1.54, 1.807) is 19.9 Å². The van der Waals surface area contributed by atoms with Gasteiger partial charge in [-0.05, 0) is 80.4 Å². The van der Waals surface area contributed by atoms with Crippen molar-refractivity contribution in [3.63, 3.8) is 0 Å². The van der Waals surface area contributed by atoms with Crippen LogP contribution in [0.15, 0.2) is 96.2 Å². The van der Waals surface area contributed by atoms with Crippen molar-refractivity contribution in [2.24, 2.45) is 22.8 Å². The van der Waals surface area contributed by atoms with Crippen molar-refractivity contribution < 1.29 is 28.9 Å². The largest absolute Gasteiger partial charge is 0.507 e. The van der Waals surface area contributed by atoms with Crippen LogP contribution >= 0.6 is 0 Å². The highest BCUT2D eigenvalue weighted by molar-refractivity contribution is 5.92. The van der Waals surface area contributed by atoms with E-state index in [9.17, 15) is 19.8 Å². The molecule has 1 spiro atoms. The lowest BCUT2D eigenvalue weighted by Crippen LogP contribution is -2.57. The molecule has 0 radical (unpaired) electrons. The number of rotatable bonds is 3. The van der Waals surface area contributed by atoms with Crippen LogP contribution in [0.3, 0.4) is 0 Å². The molecular formula is C42H46N4O7. The summed E-state index contributed by atoms with van der Waals surface area (Å²) < 4.78 is 20.1. The molecule has 2 aromatic rings. The van der Waals surface area contributed by atoms with Gasteiger partial charge in [0, 0.05) is 65.3 Å². The number of benzene rings is 1. The summed E-state index contributed by atoms with van der Waals surface area (Å²) in [6.07, 6.45) is 15.1. The van der Waals surface area contributed by atoms with E-state index in [4.69, 9.17) is 25.4 Å². The zero-order valence-corrected chi connectivity index (χ0v) is 30.4. The monoisotopic (exact) mass is 718 g/mol. The molecular weight excluding hydrogens is 672 g/mol. The minimum absolute atomic E-state index is 0.00478. The average molecular weight is 719 g/mol. The number of nitrogens with one attached hydrogen (secondary N) is 2. The van der Waals surface area contributed by atoms with Gasteiger partial charge in [0.25, 0.3) is 0 Å². The molecule has 7 aliphatic rings. The summed E-state index contributed by atoms with van der Waals surface area (Å²) in [6.45, 7) is 5.54. The number of aromatic hydroxyl groups is 1. The Morgan fingerprint density at radius 2 is 1.94 bits per heavy atom. The molecule has 1 aromatic carbocycles. The summed E-state index contributed by atoms with van der Waals surface area (Å²) in [4.78, 5) is 27.4. The highest BCUT2D eigenvalue weighted by Crippen LogP contribution is 2.63. The molecule has 53 heavy (non-hydrogen) atoms. The number of dihydropyridines is 2. The molecule has 4 atom stereocenters. The summed E-state index contributed by atoms with van der Waals surface area (Å²) in [5.41, 5.74) is 20.9. The normalized spacial score (nSPS) is 28.3. The van der Waals surface area contributed by atoms with Crippen LogP contribution in [0, 0.1) is 11.3 Å². The quantitative estimate of drug-likeness (QED) is 0.191. The van der Waals surface area contributed by atoms with Crippen LogP contribution in [0.4, 0.5) is 0 Å². The number of aliphatic hydroxyl groups is 1. The predicted molar refractivity (Wildman–Crippen MR) is 199 cm³/mol. The van der Waals surface area contributed by atoms with Crippen LogP contribution in [0.5, 0.6) is 11.5 Å². The fourth-order valence-corrected chi connectivity index (χ4v) is 10.1. The smallest absolute Gasteiger partial charge is 0.333 e. The van der Waals surface area contributed by atoms with Crippen LogP contribution in [0.25, 0.3) is 11.0 Å². The second kappa shape index (κ2) is 12.0. The van der Waals surface area contributed by atoms with Crippen LogP contribution in [0.2, 0.25) is 0 Å². The first kappa shape index (κ1) is 33.8. The number of carbonyl (C=O) groups excluding carboxylic acids is 1. The maximum Gasteiger partial charge on any atom is 0.333 e. The van der Waals surface area contributed by atoms with Crippen molar-refractivity contribution in [3.05, 3.63) is 114 Å². The molecule has 11 nitrogen and oxygen atoms in total. The SMILES string of the molecule is C/C=C(/C)C(=O)O[C@@H]1Cc2c3c(c4oc(CO)cc(=O)c4c2O)CC2=CCNC(N)=C2C2=CC4(CCCC4)C4=C2[C@H](CC2=CNC(N)C=C2C4)[C@]1(C)O3. The lowest BCUT2D eigenvalue weighted by molar-refractivity contribution is -0.162. The maximum atomic E-state index is 13.7. The van der Waals surface area contributed by atoms with Gasteiger partial charge in [-0.15, -0.1) is 0 Å². The fourth-order valence-electron chi connectivity index (χ4n) is 10.1. The molecule has 276 valence electrons. The van der Waals surface area contributed by atoms with E-state index in [1.165, 1.54) is 22.8 Å². The summed E-state index contributed by atoms with van der Waals surface area (Å²) >= 11 is 0. The van der Waals surface area contributed by atoms with E-state index in [0.29, 0.717) is 41.2 Å². The molecule has 8 N–H and O–H groups in total. The van der Waals surface area contributed by atoms with Crippen LogP contribution in [-0.4, -0.2) is 40.6 Å². The topological polar surface area (TPSA) is 182 Å². The van der Waals surface area contributed by atoms with Gasteiger partial charge in [-0.2, -0.15) is 0 Å². The number of phenols is 1. The van der Waals surface area contributed by atoms with Crippen molar-refractivity contribution in [3.8, 4) is 11.5 Å². The van der Waals surface area contributed by atoms with Gasteiger partial charge in [0.2, 0.25) is 0 Å². The van der Waals surface area contributed by atoms with Crippen molar-refractivity contribution in [1.82, 2.24) is 10.6 Å². The number of esters is 1. The Morgan fingerprint density at radius 1 is 1.15 bits per heavy atom. The molecule has 1 unspecified atom stereocenters. The van der Waals surface area contributed by atoms with Crippen LogP contribution in [-0.2, 0) is 29.0 Å². The average Bonchev–Trinajstić information content (AvgIpc) is 3.67. The highest BCUT2D eigenvalue weighted by Gasteiger charge is 2.57. The molecule has 9 rings (SSSR count). The third-order valence-electron chi connectivity index (χ3n) is 12.9. The Labute approximate surface area is 307 Å². The Morgan fingerprint density at radius 3 is 2.70 bits per heavy atom. The zero-order chi connectivity index (χ0) is 37.0. The van der Waals surface area contributed by atoms with E-state index in [-0.39, 0.29) is 52.8 Å². The molecule has 0 amide bonds. The molecule has 2 bridgehead atoms. The number of fused-ring (bicyclic) bond motifs is 8. The van der Waals surface area contributed by atoms with Crippen molar-refractivity contribution in [1.29, 1.82) is 0 Å². The number of nitrogens with two attached hydrogens (primary N) is 2. The van der Waals surface area contributed by atoms with Crippen LogP contribution in [0.1, 0.15) is 76.2 Å². The number of phenolic OH excluding ortho intramolecular Hbond substituents is 1. The molecule has 5 heterocycles. The van der Waals surface area contributed by atoms with Crippen LogP contribution < -0.4 is 32.3 Å². The van der Waals surface area contributed by atoms with E-state index < -0.39 is 29.7 Å². The Balaban J connectivity index is 1.39. The first-order chi connectivity index (χ1) is 25.5. The molecule has 4 aliphatic heterocycles. The summed E-state index contributed by atoms with van der Waals surface area (Å²) in [5.74, 6) is -0.0773. The maximum absolute atomic E-state index is 13.7. The van der Waals surface area contributed by atoms with Crippen molar-refractivity contribution in [2.45, 2.75) is 96.6 Å². The second-order valence-corrected chi connectivity index (χ2v) is 15.8. The lowest BCUT2D eigenvalue weighted by Gasteiger charge is -2.48. The molecule has 11 heteroatoms. The minimum atomic E-state index is -1.18. The fraction of sp³-hybridized carbons (Fsp3) is 0.429. The number of ether oxygens (including phenoxy) is 2. The Bertz CT molecular complexity index is 2300. The van der Waals surface area contributed by atoms with Crippen molar-refractivity contribution >= 4 is 16.9 Å². The van der Waals surface area contributed by atoms with E-state index in [1.807, 2.05) is 13.1 Å². The highest BCUT2D eigenvalue weighted by atomic mass is 16.6. The number of carbonyl (C=O) groups is 1. The zero-order valence-electron chi connectivity index (χ0n) is 30.4. The molecule has 0 saturated heterocycles. The molecule has 3 aliphatic carbocycles. The lowest BCUT2D eigenvalue weighted by atomic mass is 9.68. The van der Waals surface area contributed by atoms with Gasteiger partial charge in [0.1, 0.15) is 46.8 Å². The summed E-state index contributed by atoms with van der Waals surface area (Å²) in [5, 5.41) is 28.8. The van der Waals surface area contributed by atoms with E-state index >= 15 is 0 Å². The van der Waals surface area contributed by atoms with E-state index in [0.717, 1.165) is 54.4 Å². The first-order valence-corrected chi connectivity index (χ1v) is 18.8. The molecule has 1 aromatic heterocycles. The van der Waals surface area contributed by atoms with Gasteiger partial charge in [-0.3, -0.25) is 4.79 Å². The molecule has 1 fully saturated rings. The number of allylic oxidation sites excluding steroid dienone is 8. The third-order valence-corrected chi connectivity index (χ3v) is 12.9. The first-order valence-electron chi connectivity index (χ1n) is 18.8. The second-order valence-electron chi connectivity index (χ2n) is 15.8. The van der Waals surface area contributed by atoms with Gasteiger partial charge >= 0.3 is 5.97 Å². The summed E-state index contributed by atoms with van der Waals surface area (Å²) in [6, 6.07) is 1.20. The Hall–Kier alpha value is -5.00. The molecule has 1 saturated carbocycles. The number of hydrogen-bond acceptors (Lipinski definition) is 11. The van der Waals surface area contributed by atoms with E-state index in [2.05, 4.69) is 28.9 Å². The number of aliphatic hydroxyl groups excluding tert-OH is 1. The van der Waals surface area contributed by atoms with Gasteiger partial charge < -0.3 is 46.2 Å².